The number of hydrogen-bond acceptors (Lipinski definition) is 2. The highest BCUT2D eigenvalue weighted by atomic mass is 79.9. The Hall–Kier alpha value is -1.00. The summed E-state index contributed by atoms with van der Waals surface area (Å²) in [5.41, 5.74) is 3.36. The molecule has 0 fully saturated rings. The first-order valence-corrected chi connectivity index (χ1v) is 8.25. The fraction of sp³-hybridized carbons (Fsp3) is 0.250. The van der Waals surface area contributed by atoms with E-state index in [-0.39, 0.29) is 5.82 Å². The van der Waals surface area contributed by atoms with Crippen molar-refractivity contribution in [1.29, 1.82) is 0 Å². The maximum atomic E-state index is 13.4. The summed E-state index contributed by atoms with van der Waals surface area (Å²) in [4.78, 5) is 1.39. The fourth-order valence-corrected chi connectivity index (χ4v) is 4.02. The molecule has 0 radical (unpaired) electrons. The van der Waals surface area contributed by atoms with Crippen LogP contribution in [0.25, 0.3) is 0 Å². The van der Waals surface area contributed by atoms with Crippen LogP contribution in [0.3, 0.4) is 0 Å². The molecule has 0 aliphatic carbocycles. The molecule has 0 aromatic heterocycles. The first kappa shape index (κ1) is 14.0. The van der Waals surface area contributed by atoms with Crippen molar-refractivity contribution in [3.05, 3.63) is 57.8 Å². The summed E-state index contributed by atoms with van der Waals surface area (Å²) in [6, 6.07) is 11.9. The van der Waals surface area contributed by atoms with Crippen molar-refractivity contribution in [2.24, 2.45) is 0 Å². The predicted molar refractivity (Wildman–Crippen MR) is 87.1 cm³/mol. The molecular formula is C16H15BrFNS. The molecule has 1 heterocycles. The predicted octanol–water partition coefficient (Wildman–Crippen LogP) is 5.03. The zero-order chi connectivity index (χ0) is 14.1. The third-order valence-electron chi connectivity index (χ3n) is 3.50. The molecule has 2 aromatic carbocycles. The quantitative estimate of drug-likeness (QED) is 0.832. The molecule has 1 N–H and O–H groups in total. The Morgan fingerprint density at radius 2 is 2.15 bits per heavy atom. The van der Waals surface area contributed by atoms with Gasteiger partial charge in [0.1, 0.15) is 5.82 Å². The lowest BCUT2D eigenvalue weighted by molar-refractivity contribution is 0.620. The highest BCUT2D eigenvalue weighted by Crippen LogP contribution is 2.37. The van der Waals surface area contributed by atoms with Crippen LogP contribution in [0.5, 0.6) is 0 Å². The summed E-state index contributed by atoms with van der Waals surface area (Å²) in [5.74, 6) is -0.212. The molecule has 104 valence electrons. The fourth-order valence-electron chi connectivity index (χ4n) is 2.43. The zero-order valence-corrected chi connectivity index (χ0v) is 13.5. The van der Waals surface area contributed by atoms with E-state index in [4.69, 9.17) is 0 Å². The number of anilines is 1. The maximum Gasteiger partial charge on any atom is 0.137 e. The second-order valence-electron chi connectivity index (χ2n) is 5.01. The van der Waals surface area contributed by atoms with E-state index in [1.54, 1.807) is 6.07 Å². The van der Waals surface area contributed by atoms with Crippen LogP contribution >= 0.6 is 27.7 Å². The van der Waals surface area contributed by atoms with Crippen LogP contribution in [0.1, 0.15) is 11.1 Å². The Balaban J connectivity index is 1.66. The van der Waals surface area contributed by atoms with Gasteiger partial charge in [-0.1, -0.05) is 18.2 Å². The van der Waals surface area contributed by atoms with E-state index in [0.717, 1.165) is 24.2 Å². The largest absolute Gasteiger partial charge is 0.384 e. The molecule has 0 bridgehead atoms. The van der Waals surface area contributed by atoms with Gasteiger partial charge in [0.05, 0.1) is 4.47 Å². The summed E-state index contributed by atoms with van der Waals surface area (Å²) < 4.78 is 13.9. The maximum absolute atomic E-state index is 13.4. The van der Waals surface area contributed by atoms with Crippen molar-refractivity contribution in [2.45, 2.75) is 23.5 Å². The first-order chi connectivity index (χ1) is 9.63. The van der Waals surface area contributed by atoms with E-state index in [1.165, 1.54) is 10.5 Å². The van der Waals surface area contributed by atoms with Crippen molar-refractivity contribution >= 4 is 33.4 Å². The SMILES string of the molecule is Cc1cc(F)c(Br)cc1NCC1Cc2ccccc2S1. The number of halogens is 2. The lowest BCUT2D eigenvalue weighted by Crippen LogP contribution is -2.16. The molecule has 2 aromatic rings. The summed E-state index contributed by atoms with van der Waals surface area (Å²) >= 11 is 5.16. The van der Waals surface area contributed by atoms with Crippen molar-refractivity contribution in [2.75, 3.05) is 11.9 Å². The summed E-state index contributed by atoms with van der Waals surface area (Å²) in [5, 5.41) is 3.98. The molecule has 1 unspecified atom stereocenters. The standard InChI is InChI=1S/C16H15BrFNS/c1-10-6-14(18)13(17)8-15(10)19-9-12-7-11-4-2-3-5-16(11)20-12/h2-6,8,12,19H,7,9H2,1H3. The Bertz CT molecular complexity index is 619. The van der Waals surface area contributed by atoms with E-state index in [2.05, 4.69) is 45.5 Å². The molecule has 1 atom stereocenters. The molecule has 0 saturated heterocycles. The topological polar surface area (TPSA) is 12.0 Å². The molecule has 1 aliphatic heterocycles. The van der Waals surface area contributed by atoms with Gasteiger partial charge in [0, 0.05) is 22.4 Å². The van der Waals surface area contributed by atoms with Crippen LogP contribution in [0.2, 0.25) is 0 Å². The van der Waals surface area contributed by atoms with E-state index < -0.39 is 0 Å². The van der Waals surface area contributed by atoms with Crippen LogP contribution in [-0.4, -0.2) is 11.8 Å². The van der Waals surface area contributed by atoms with Gasteiger partial charge in [0.15, 0.2) is 0 Å². The van der Waals surface area contributed by atoms with Gasteiger partial charge >= 0.3 is 0 Å². The Morgan fingerprint density at radius 3 is 2.95 bits per heavy atom. The second kappa shape index (κ2) is 5.78. The van der Waals surface area contributed by atoms with E-state index in [1.807, 2.05) is 24.8 Å². The molecule has 1 aliphatic rings. The first-order valence-electron chi connectivity index (χ1n) is 6.57. The Kier molecular flexibility index (Phi) is 4.03. The minimum absolute atomic E-state index is 0.212. The Labute approximate surface area is 131 Å². The number of rotatable bonds is 3. The minimum atomic E-state index is -0.212. The number of hydrogen-bond donors (Lipinski definition) is 1. The smallest absolute Gasteiger partial charge is 0.137 e. The van der Waals surface area contributed by atoms with E-state index in [0.29, 0.717) is 9.72 Å². The number of aryl methyl sites for hydroxylation is 1. The number of nitrogens with one attached hydrogen (secondary N) is 1. The van der Waals surface area contributed by atoms with Gasteiger partial charge < -0.3 is 5.32 Å². The third kappa shape index (κ3) is 2.86. The van der Waals surface area contributed by atoms with Gasteiger partial charge in [-0.15, -0.1) is 11.8 Å². The van der Waals surface area contributed by atoms with Crippen LogP contribution < -0.4 is 5.32 Å². The highest BCUT2D eigenvalue weighted by molar-refractivity contribution is 9.10. The van der Waals surface area contributed by atoms with E-state index in [9.17, 15) is 4.39 Å². The molecule has 0 amide bonds. The number of fused-ring (bicyclic) bond motifs is 1. The molecule has 4 heteroatoms. The summed E-state index contributed by atoms with van der Waals surface area (Å²) in [7, 11) is 0. The normalized spacial score (nSPS) is 17.1. The molecule has 0 saturated carbocycles. The summed E-state index contributed by atoms with van der Waals surface area (Å²) in [6.45, 7) is 2.81. The van der Waals surface area contributed by atoms with Gasteiger partial charge in [-0.2, -0.15) is 0 Å². The van der Waals surface area contributed by atoms with Crippen molar-refractivity contribution in [1.82, 2.24) is 0 Å². The molecular weight excluding hydrogens is 337 g/mol. The minimum Gasteiger partial charge on any atom is -0.384 e. The molecule has 3 rings (SSSR count). The average Bonchev–Trinajstić information content (AvgIpc) is 2.84. The van der Waals surface area contributed by atoms with Crippen molar-refractivity contribution < 1.29 is 4.39 Å². The zero-order valence-electron chi connectivity index (χ0n) is 11.1. The van der Waals surface area contributed by atoms with Gasteiger partial charge in [-0.3, -0.25) is 0 Å². The van der Waals surface area contributed by atoms with Crippen LogP contribution in [0.15, 0.2) is 45.8 Å². The lowest BCUT2D eigenvalue weighted by Gasteiger charge is -2.14. The van der Waals surface area contributed by atoms with Gasteiger partial charge in [-0.25, -0.2) is 4.39 Å². The third-order valence-corrected chi connectivity index (χ3v) is 5.43. The van der Waals surface area contributed by atoms with Gasteiger partial charge in [0.25, 0.3) is 0 Å². The monoisotopic (exact) mass is 351 g/mol. The van der Waals surface area contributed by atoms with Crippen molar-refractivity contribution in [3.63, 3.8) is 0 Å². The van der Waals surface area contributed by atoms with E-state index >= 15 is 0 Å². The number of thioether (sulfide) groups is 1. The van der Waals surface area contributed by atoms with Crippen LogP contribution in [-0.2, 0) is 6.42 Å². The molecule has 0 spiro atoms. The van der Waals surface area contributed by atoms with Crippen molar-refractivity contribution in [3.8, 4) is 0 Å². The highest BCUT2D eigenvalue weighted by Gasteiger charge is 2.21. The second-order valence-corrected chi connectivity index (χ2v) is 7.21. The molecule has 20 heavy (non-hydrogen) atoms. The van der Waals surface area contributed by atoms with Crippen LogP contribution in [0, 0.1) is 12.7 Å². The van der Waals surface area contributed by atoms with Gasteiger partial charge in [0.2, 0.25) is 0 Å². The Morgan fingerprint density at radius 1 is 1.35 bits per heavy atom. The van der Waals surface area contributed by atoms with Gasteiger partial charge in [-0.05, 0) is 58.6 Å². The lowest BCUT2D eigenvalue weighted by atomic mass is 10.1. The number of benzene rings is 2. The van der Waals surface area contributed by atoms with Crippen LogP contribution in [0.4, 0.5) is 10.1 Å². The summed E-state index contributed by atoms with van der Waals surface area (Å²) in [6.07, 6.45) is 1.09. The average molecular weight is 352 g/mol. The molecule has 1 nitrogen and oxygen atoms in total.